The molecule has 1 aliphatic heterocycles. The van der Waals surface area contributed by atoms with Crippen molar-refractivity contribution in [2.75, 3.05) is 13.1 Å². The molecule has 2 aromatic heterocycles. The Labute approximate surface area is 160 Å². The van der Waals surface area contributed by atoms with Crippen LogP contribution in [0.3, 0.4) is 0 Å². The van der Waals surface area contributed by atoms with Crippen LogP contribution in [0.15, 0.2) is 10.7 Å². The van der Waals surface area contributed by atoms with Gasteiger partial charge in [-0.15, -0.1) is 0 Å². The highest BCUT2D eigenvalue weighted by Gasteiger charge is 2.82. The molecule has 1 saturated carbocycles. The maximum atomic E-state index is 14.6. The smallest absolute Gasteiger partial charge is 0.334 e. The summed E-state index contributed by atoms with van der Waals surface area (Å²) < 4.78 is 98.0. The number of aromatic nitrogens is 4. The summed E-state index contributed by atoms with van der Waals surface area (Å²) in [6, 6.07) is 0. The van der Waals surface area contributed by atoms with Crippen molar-refractivity contribution in [3.05, 3.63) is 17.7 Å². The van der Waals surface area contributed by atoms with Crippen LogP contribution in [0.5, 0.6) is 0 Å². The molecule has 15 heteroatoms. The summed E-state index contributed by atoms with van der Waals surface area (Å²) >= 11 is 0. The Kier molecular flexibility index (Phi) is 4.13. The first-order valence-corrected chi connectivity index (χ1v) is 9.88. The number of aryl methyl sites for hydroxylation is 1. The van der Waals surface area contributed by atoms with E-state index in [1.54, 1.807) is 0 Å². The molecule has 9 nitrogen and oxygen atoms in total. The topological polar surface area (TPSA) is 120 Å². The van der Waals surface area contributed by atoms with Crippen LogP contribution in [0.25, 0.3) is 11.5 Å². The van der Waals surface area contributed by atoms with Gasteiger partial charge in [-0.3, -0.25) is 4.68 Å². The average Bonchev–Trinajstić information content (AvgIpc) is 3.01. The Hall–Kier alpha value is -2.13. The molecule has 2 aromatic rings. The quantitative estimate of drug-likeness (QED) is 0.720. The third-order valence-electron chi connectivity index (χ3n) is 5.50. The maximum absolute atomic E-state index is 14.6. The van der Waals surface area contributed by atoms with Crippen molar-refractivity contribution in [1.29, 1.82) is 0 Å². The van der Waals surface area contributed by atoms with E-state index >= 15 is 0 Å². The lowest BCUT2D eigenvalue weighted by atomic mass is 9.91. The zero-order valence-corrected chi connectivity index (χ0v) is 15.6. The molecule has 0 aromatic carbocycles. The number of alkyl halides is 5. The minimum atomic E-state index is -4.80. The van der Waals surface area contributed by atoms with Gasteiger partial charge in [-0.05, 0) is 12.8 Å². The Balaban J connectivity index is 1.62. The number of nitrogens with two attached hydrogens (primary N) is 1. The maximum Gasteiger partial charge on any atom is 0.435 e. The number of rotatable bonds is 3. The van der Waals surface area contributed by atoms with E-state index in [-0.39, 0.29) is 25.9 Å². The standard InChI is InChI=1S/C14H15F5N6O3S/c1-24-6-7(9(22-24)14(17,18)19)11-21-10(23-28-11)8-12(13(8,15)16)2-4-25(5-3-12)29(20,26)27/h6,8H,2-5H2,1H3,(H2,20,26,27)/t8-/m0/s1. The van der Waals surface area contributed by atoms with Gasteiger partial charge in [0, 0.05) is 26.3 Å². The first kappa shape index (κ1) is 20.2. The minimum absolute atomic E-state index is 0.189. The van der Waals surface area contributed by atoms with Gasteiger partial charge in [0.1, 0.15) is 0 Å². The first-order valence-electron chi connectivity index (χ1n) is 8.38. The second-order valence-corrected chi connectivity index (χ2v) is 8.72. The van der Waals surface area contributed by atoms with Gasteiger partial charge in [-0.2, -0.15) is 36.0 Å². The highest BCUT2D eigenvalue weighted by molar-refractivity contribution is 7.86. The molecule has 0 radical (unpaired) electrons. The van der Waals surface area contributed by atoms with Gasteiger partial charge >= 0.3 is 6.18 Å². The number of piperidine rings is 1. The lowest BCUT2D eigenvalue weighted by molar-refractivity contribution is -0.141. The van der Waals surface area contributed by atoms with Crippen LogP contribution >= 0.6 is 0 Å². The lowest BCUT2D eigenvalue weighted by Gasteiger charge is -2.30. The fourth-order valence-corrected chi connectivity index (χ4v) is 4.69. The predicted molar refractivity (Wildman–Crippen MR) is 85.5 cm³/mol. The van der Waals surface area contributed by atoms with Crippen molar-refractivity contribution < 1.29 is 34.9 Å². The lowest BCUT2D eigenvalue weighted by Crippen LogP contribution is -2.43. The molecule has 0 amide bonds. The van der Waals surface area contributed by atoms with E-state index < -0.39 is 56.6 Å². The molecule has 2 fully saturated rings. The zero-order chi connectivity index (χ0) is 21.4. The van der Waals surface area contributed by atoms with E-state index in [1.807, 2.05) is 0 Å². The Morgan fingerprint density at radius 2 is 1.90 bits per heavy atom. The summed E-state index contributed by atoms with van der Waals surface area (Å²) in [4.78, 5) is 3.78. The van der Waals surface area contributed by atoms with Crippen molar-refractivity contribution in [2.24, 2.45) is 17.6 Å². The summed E-state index contributed by atoms with van der Waals surface area (Å²) in [6.45, 7) is -0.396. The molecule has 2 N–H and O–H groups in total. The van der Waals surface area contributed by atoms with Gasteiger partial charge < -0.3 is 4.52 Å². The number of hydrogen-bond donors (Lipinski definition) is 1. The van der Waals surface area contributed by atoms with Crippen LogP contribution in [0.1, 0.15) is 30.3 Å². The van der Waals surface area contributed by atoms with Crippen LogP contribution in [-0.4, -0.2) is 51.7 Å². The molecule has 2 aliphatic rings. The Bertz CT molecular complexity index is 1050. The molecule has 1 atom stereocenters. The predicted octanol–water partition coefficient (Wildman–Crippen LogP) is 1.51. The highest BCUT2D eigenvalue weighted by Crippen LogP contribution is 2.75. The average molecular weight is 442 g/mol. The van der Waals surface area contributed by atoms with Crippen LogP contribution < -0.4 is 5.14 Å². The molecule has 29 heavy (non-hydrogen) atoms. The molecule has 0 unspecified atom stereocenters. The Morgan fingerprint density at radius 3 is 2.45 bits per heavy atom. The van der Waals surface area contributed by atoms with Crippen molar-refractivity contribution in [3.8, 4) is 11.5 Å². The van der Waals surface area contributed by atoms with Gasteiger partial charge in [0.05, 0.1) is 16.9 Å². The normalized spacial score (nSPS) is 24.2. The Morgan fingerprint density at radius 1 is 1.28 bits per heavy atom. The molecule has 160 valence electrons. The van der Waals surface area contributed by atoms with E-state index in [2.05, 4.69) is 15.2 Å². The van der Waals surface area contributed by atoms with Gasteiger partial charge in [-0.25, -0.2) is 13.9 Å². The molecular weight excluding hydrogens is 427 g/mol. The largest absolute Gasteiger partial charge is 0.435 e. The van der Waals surface area contributed by atoms with E-state index in [1.165, 1.54) is 7.05 Å². The second kappa shape index (κ2) is 5.95. The third-order valence-corrected chi connectivity index (χ3v) is 6.58. The summed E-state index contributed by atoms with van der Waals surface area (Å²) in [5.74, 6) is -5.73. The molecule has 1 aliphatic carbocycles. The van der Waals surface area contributed by atoms with Crippen molar-refractivity contribution in [2.45, 2.75) is 30.9 Å². The van der Waals surface area contributed by atoms with Gasteiger partial charge in [0.25, 0.3) is 22.0 Å². The number of hydrogen-bond acceptors (Lipinski definition) is 6. The highest BCUT2D eigenvalue weighted by atomic mass is 32.2. The van der Waals surface area contributed by atoms with Crippen LogP contribution in [-0.2, 0) is 23.4 Å². The van der Waals surface area contributed by atoms with Crippen molar-refractivity contribution in [1.82, 2.24) is 24.2 Å². The van der Waals surface area contributed by atoms with Crippen LogP contribution in [0.4, 0.5) is 22.0 Å². The molecule has 4 rings (SSSR count). The van der Waals surface area contributed by atoms with Crippen molar-refractivity contribution in [3.63, 3.8) is 0 Å². The van der Waals surface area contributed by atoms with E-state index in [4.69, 9.17) is 9.66 Å². The first-order chi connectivity index (χ1) is 13.3. The molecule has 3 heterocycles. The summed E-state index contributed by atoms with van der Waals surface area (Å²) in [7, 11) is -2.73. The number of nitrogens with zero attached hydrogens (tertiary/aromatic N) is 5. The molecule has 1 saturated heterocycles. The summed E-state index contributed by atoms with van der Waals surface area (Å²) in [5.41, 5.74) is -3.37. The molecular formula is C14H15F5N6O3S. The third kappa shape index (κ3) is 3.02. The molecule has 0 bridgehead atoms. The van der Waals surface area contributed by atoms with E-state index in [9.17, 15) is 30.4 Å². The SMILES string of the molecule is Cn1cc(-c2nc([C@@H]3C(F)(F)C34CCN(S(N)(=O)=O)CC4)no2)c(C(F)(F)F)n1. The monoisotopic (exact) mass is 442 g/mol. The number of halogens is 5. The fourth-order valence-electron chi connectivity index (χ4n) is 4.00. The van der Waals surface area contributed by atoms with E-state index in [0.29, 0.717) is 0 Å². The summed E-state index contributed by atoms with van der Waals surface area (Å²) in [5, 5.41) is 11.8. The fraction of sp³-hybridized carbons (Fsp3) is 0.643. The van der Waals surface area contributed by atoms with Crippen LogP contribution in [0, 0.1) is 5.41 Å². The van der Waals surface area contributed by atoms with Crippen LogP contribution in [0.2, 0.25) is 0 Å². The van der Waals surface area contributed by atoms with E-state index in [0.717, 1.165) is 15.2 Å². The zero-order valence-electron chi connectivity index (χ0n) is 14.8. The second-order valence-electron chi connectivity index (χ2n) is 7.18. The minimum Gasteiger partial charge on any atom is -0.334 e. The summed E-state index contributed by atoms with van der Waals surface area (Å²) in [6.07, 6.45) is -4.17. The van der Waals surface area contributed by atoms with Gasteiger partial charge in [-0.1, -0.05) is 5.16 Å². The van der Waals surface area contributed by atoms with Gasteiger partial charge in [0.2, 0.25) is 0 Å². The van der Waals surface area contributed by atoms with Crippen molar-refractivity contribution >= 4 is 10.2 Å². The molecule has 1 spiro atoms. The van der Waals surface area contributed by atoms with Gasteiger partial charge in [0.15, 0.2) is 11.5 Å².